The minimum atomic E-state index is -0.00236. The molecule has 5 nitrogen and oxygen atoms in total. The Labute approximate surface area is 160 Å². The van der Waals surface area contributed by atoms with Crippen LogP contribution < -0.4 is 5.32 Å². The molecule has 2 aromatic rings. The minimum Gasteiger partial charge on any atom is -0.395 e. The Morgan fingerprint density at radius 1 is 1.19 bits per heavy atom. The van der Waals surface area contributed by atoms with Crippen LogP contribution in [0, 0.1) is 0 Å². The van der Waals surface area contributed by atoms with Crippen LogP contribution in [0.3, 0.4) is 0 Å². The maximum Gasteiger partial charge on any atom is 0.170 e. The summed E-state index contributed by atoms with van der Waals surface area (Å²) in [5.41, 5.74) is 2.21. The van der Waals surface area contributed by atoms with Crippen molar-refractivity contribution in [2.24, 2.45) is 0 Å². The molecule has 0 radical (unpaired) electrons. The molecule has 2 atom stereocenters. The van der Waals surface area contributed by atoms with E-state index in [0.717, 1.165) is 5.69 Å². The highest BCUT2D eigenvalue weighted by atomic mass is 32.1. The SMILES string of the molecule is OCCN1C(=S)N[C@H](c2ccccn2)[C@@H]1c1ccn(C2CCCCC2)c1. The summed E-state index contributed by atoms with van der Waals surface area (Å²) in [4.78, 5) is 6.64. The van der Waals surface area contributed by atoms with Gasteiger partial charge in [0.25, 0.3) is 0 Å². The average Bonchev–Trinajstić information content (AvgIpc) is 3.29. The van der Waals surface area contributed by atoms with Gasteiger partial charge in [0.1, 0.15) is 0 Å². The third-order valence-corrected chi connectivity index (χ3v) is 5.97. The van der Waals surface area contributed by atoms with E-state index >= 15 is 0 Å². The quantitative estimate of drug-likeness (QED) is 0.791. The molecule has 6 heteroatoms. The van der Waals surface area contributed by atoms with Crippen LogP contribution in [0.25, 0.3) is 0 Å². The first-order chi connectivity index (χ1) is 12.8. The monoisotopic (exact) mass is 370 g/mol. The van der Waals surface area contributed by atoms with E-state index in [1.165, 1.54) is 37.7 Å². The van der Waals surface area contributed by atoms with Crippen molar-refractivity contribution in [1.82, 2.24) is 19.8 Å². The van der Waals surface area contributed by atoms with Crippen molar-refractivity contribution in [2.75, 3.05) is 13.2 Å². The second-order valence-electron chi connectivity index (χ2n) is 7.23. The van der Waals surface area contributed by atoms with Crippen molar-refractivity contribution in [3.05, 3.63) is 54.1 Å². The van der Waals surface area contributed by atoms with Crippen molar-refractivity contribution in [3.63, 3.8) is 0 Å². The predicted molar refractivity (Wildman–Crippen MR) is 106 cm³/mol. The highest BCUT2D eigenvalue weighted by molar-refractivity contribution is 7.80. The highest BCUT2D eigenvalue weighted by Gasteiger charge is 2.39. The van der Waals surface area contributed by atoms with Gasteiger partial charge in [0, 0.05) is 31.2 Å². The van der Waals surface area contributed by atoms with Gasteiger partial charge in [-0.2, -0.15) is 0 Å². The van der Waals surface area contributed by atoms with E-state index in [2.05, 4.69) is 38.2 Å². The fraction of sp³-hybridized carbons (Fsp3) is 0.500. The summed E-state index contributed by atoms with van der Waals surface area (Å²) in [5, 5.41) is 13.6. The second kappa shape index (κ2) is 7.76. The van der Waals surface area contributed by atoms with E-state index < -0.39 is 0 Å². The number of pyridine rings is 1. The summed E-state index contributed by atoms with van der Waals surface area (Å²) in [5.74, 6) is 0. The Balaban J connectivity index is 1.65. The van der Waals surface area contributed by atoms with Crippen molar-refractivity contribution in [3.8, 4) is 0 Å². The van der Waals surface area contributed by atoms with Crippen LogP contribution in [0.5, 0.6) is 0 Å². The average molecular weight is 371 g/mol. The Morgan fingerprint density at radius 3 is 2.77 bits per heavy atom. The van der Waals surface area contributed by atoms with Gasteiger partial charge in [0.15, 0.2) is 5.11 Å². The number of β-amino-alcohol motifs (C(OH)–C–C–N with tert-alkyl or cyclic N) is 1. The van der Waals surface area contributed by atoms with E-state index in [9.17, 15) is 5.11 Å². The number of hydrogen-bond acceptors (Lipinski definition) is 3. The molecule has 2 aromatic heterocycles. The van der Waals surface area contributed by atoms with Gasteiger partial charge in [-0.15, -0.1) is 0 Å². The number of aliphatic hydroxyl groups excluding tert-OH is 1. The molecule has 1 aliphatic heterocycles. The van der Waals surface area contributed by atoms with Gasteiger partial charge >= 0.3 is 0 Å². The van der Waals surface area contributed by atoms with Gasteiger partial charge in [-0.3, -0.25) is 4.98 Å². The molecule has 1 saturated heterocycles. The van der Waals surface area contributed by atoms with Crippen LogP contribution in [0.4, 0.5) is 0 Å². The molecular formula is C20H26N4OS. The minimum absolute atomic E-state index is 0.00236. The molecule has 3 heterocycles. The fourth-order valence-electron chi connectivity index (χ4n) is 4.33. The number of nitrogens with zero attached hydrogens (tertiary/aromatic N) is 3. The highest BCUT2D eigenvalue weighted by Crippen LogP contribution is 2.39. The molecule has 2 fully saturated rings. The number of aromatic nitrogens is 2. The zero-order valence-electron chi connectivity index (χ0n) is 14.9. The topological polar surface area (TPSA) is 53.3 Å². The number of aliphatic hydroxyl groups is 1. The number of hydrogen-bond donors (Lipinski definition) is 2. The molecule has 0 amide bonds. The van der Waals surface area contributed by atoms with E-state index in [1.807, 2.05) is 24.4 Å². The van der Waals surface area contributed by atoms with Crippen LogP contribution in [-0.2, 0) is 0 Å². The smallest absolute Gasteiger partial charge is 0.170 e. The lowest BCUT2D eigenvalue weighted by atomic mass is 9.95. The summed E-state index contributed by atoms with van der Waals surface area (Å²) in [6.07, 6.45) is 12.8. The molecule has 26 heavy (non-hydrogen) atoms. The molecule has 1 saturated carbocycles. The summed E-state index contributed by atoms with van der Waals surface area (Å²) in [6, 6.07) is 8.83. The lowest BCUT2D eigenvalue weighted by Crippen LogP contribution is -2.32. The van der Waals surface area contributed by atoms with Gasteiger partial charge in [-0.1, -0.05) is 25.3 Å². The van der Waals surface area contributed by atoms with Crippen molar-refractivity contribution in [2.45, 2.75) is 50.2 Å². The molecule has 4 rings (SSSR count). The Hall–Kier alpha value is -1.92. The normalized spacial score (nSPS) is 24.0. The van der Waals surface area contributed by atoms with Crippen molar-refractivity contribution in [1.29, 1.82) is 0 Å². The largest absolute Gasteiger partial charge is 0.395 e. The molecule has 2 aliphatic rings. The molecular weight excluding hydrogens is 344 g/mol. The number of rotatable bonds is 5. The number of nitrogens with one attached hydrogen (secondary N) is 1. The van der Waals surface area contributed by atoms with Crippen LogP contribution in [-0.4, -0.2) is 37.8 Å². The molecule has 138 valence electrons. The van der Waals surface area contributed by atoms with E-state index in [0.29, 0.717) is 17.7 Å². The zero-order chi connectivity index (χ0) is 17.9. The predicted octanol–water partition coefficient (Wildman–Crippen LogP) is 3.35. The third-order valence-electron chi connectivity index (χ3n) is 5.61. The Bertz CT molecular complexity index is 741. The molecule has 2 N–H and O–H groups in total. The van der Waals surface area contributed by atoms with Gasteiger partial charge < -0.3 is 19.9 Å². The molecule has 0 bridgehead atoms. The van der Waals surface area contributed by atoms with Crippen LogP contribution in [0.2, 0.25) is 0 Å². The molecule has 1 aliphatic carbocycles. The summed E-state index contributed by atoms with van der Waals surface area (Å²) in [7, 11) is 0. The standard InChI is InChI=1S/C20H26N4OS/c25-13-12-24-19(18(22-20(24)26)17-8-4-5-10-21-17)15-9-11-23(14-15)16-6-2-1-3-7-16/h4-5,8-11,14,16,18-19,25H,1-3,6-7,12-13H2,(H,22,26)/t18-,19+/m1/s1. The first-order valence-electron chi connectivity index (χ1n) is 9.54. The van der Waals surface area contributed by atoms with E-state index in [-0.39, 0.29) is 18.7 Å². The van der Waals surface area contributed by atoms with Gasteiger partial charge in [0.2, 0.25) is 0 Å². The molecule has 0 unspecified atom stereocenters. The second-order valence-corrected chi connectivity index (χ2v) is 7.61. The first-order valence-corrected chi connectivity index (χ1v) is 9.95. The summed E-state index contributed by atoms with van der Waals surface area (Å²) >= 11 is 5.56. The lowest BCUT2D eigenvalue weighted by molar-refractivity contribution is 0.223. The van der Waals surface area contributed by atoms with Gasteiger partial charge in [0.05, 0.1) is 24.4 Å². The third kappa shape index (κ3) is 3.35. The Kier molecular flexibility index (Phi) is 5.22. The fourth-order valence-corrected chi connectivity index (χ4v) is 4.66. The summed E-state index contributed by atoms with van der Waals surface area (Å²) < 4.78 is 2.38. The zero-order valence-corrected chi connectivity index (χ0v) is 15.7. The van der Waals surface area contributed by atoms with Crippen LogP contribution in [0.15, 0.2) is 42.9 Å². The lowest BCUT2D eigenvalue weighted by Gasteiger charge is -2.27. The van der Waals surface area contributed by atoms with Gasteiger partial charge in [-0.05, 0) is 48.8 Å². The molecule has 0 aromatic carbocycles. The van der Waals surface area contributed by atoms with Crippen LogP contribution >= 0.6 is 12.2 Å². The van der Waals surface area contributed by atoms with Crippen molar-refractivity contribution < 1.29 is 5.11 Å². The summed E-state index contributed by atoms with van der Waals surface area (Å²) in [6.45, 7) is 0.602. The van der Waals surface area contributed by atoms with Gasteiger partial charge in [-0.25, -0.2) is 0 Å². The van der Waals surface area contributed by atoms with E-state index in [1.54, 1.807) is 0 Å². The van der Waals surface area contributed by atoms with Crippen molar-refractivity contribution >= 4 is 17.3 Å². The van der Waals surface area contributed by atoms with Crippen LogP contribution in [0.1, 0.15) is 61.5 Å². The maximum absolute atomic E-state index is 9.53. The molecule has 0 spiro atoms. The first kappa shape index (κ1) is 17.5. The number of thiocarbonyl (C=S) groups is 1. The maximum atomic E-state index is 9.53. The Morgan fingerprint density at radius 2 is 2.04 bits per heavy atom. The van der Waals surface area contributed by atoms with E-state index in [4.69, 9.17) is 12.2 Å².